The predicted octanol–water partition coefficient (Wildman–Crippen LogP) is 5.10. The summed E-state index contributed by atoms with van der Waals surface area (Å²) in [6, 6.07) is 8.43. The quantitative estimate of drug-likeness (QED) is 0.397. The van der Waals surface area contributed by atoms with Crippen LogP contribution in [0.15, 0.2) is 47.3 Å². The average molecular weight is 495 g/mol. The normalized spacial score (nSPS) is 15.6. The molecule has 3 aromatic heterocycles. The Balaban J connectivity index is 0.00000124. The second-order valence-corrected chi connectivity index (χ2v) is 8.97. The molecule has 35 heavy (non-hydrogen) atoms. The number of carbonyl (C=O) groups excluding carboxylic acids is 1. The number of nitrogens with one attached hydrogen (secondary N) is 1. The fourth-order valence-electron chi connectivity index (χ4n) is 4.56. The number of rotatable bonds is 5. The minimum atomic E-state index is -0.289. The van der Waals surface area contributed by atoms with E-state index in [4.69, 9.17) is 9.08 Å². The molecule has 0 unspecified atom stereocenters. The average Bonchev–Trinajstić information content (AvgIpc) is 3.45. The highest BCUT2D eigenvalue weighted by Crippen LogP contribution is 2.40. The fourth-order valence-corrected chi connectivity index (χ4v) is 4.56. The number of fused-ring (bicyclic) bond motifs is 1. The standard InChI is InChI=1S/C25H26N6O2.ClHO/c1-16-11-17(7-8-26-16)25-29-21(15-33-25)24(32)28-20-12-18-14-27-31(19-5-6-19)22(18)13-23(20)30-9-3-2-4-10-30;1-2/h7-8,11-15,19H,2-6,9-10H2,1H3,(H,28,32);2H. The van der Waals surface area contributed by atoms with E-state index >= 15 is 0 Å². The lowest BCUT2D eigenvalue weighted by Gasteiger charge is -2.30. The summed E-state index contributed by atoms with van der Waals surface area (Å²) < 4.78 is 14.2. The lowest BCUT2D eigenvalue weighted by Crippen LogP contribution is -2.30. The highest BCUT2D eigenvalue weighted by molar-refractivity contribution is 6.06. The SMILES string of the molecule is Cc1cc(-c2nc(C(=O)Nc3cc4cnn(C5CC5)c4cc3N3CCCCC3)co2)ccn1.OCl. The molecule has 6 rings (SSSR count). The maximum atomic E-state index is 13.1. The monoisotopic (exact) mass is 494 g/mol. The Morgan fingerprint density at radius 3 is 2.71 bits per heavy atom. The predicted molar refractivity (Wildman–Crippen MR) is 135 cm³/mol. The van der Waals surface area contributed by atoms with Crippen molar-refractivity contribution in [3.8, 4) is 11.5 Å². The van der Waals surface area contributed by atoms with Crippen molar-refractivity contribution in [1.82, 2.24) is 19.7 Å². The Morgan fingerprint density at radius 2 is 1.97 bits per heavy atom. The maximum Gasteiger partial charge on any atom is 0.277 e. The fraction of sp³-hybridized carbons (Fsp3) is 0.360. The van der Waals surface area contributed by atoms with Gasteiger partial charge in [0.15, 0.2) is 5.69 Å². The second kappa shape index (κ2) is 10.1. The van der Waals surface area contributed by atoms with Crippen LogP contribution >= 0.6 is 11.9 Å². The Bertz CT molecular complexity index is 1340. The number of benzene rings is 1. The van der Waals surface area contributed by atoms with Gasteiger partial charge in [0.25, 0.3) is 5.91 Å². The summed E-state index contributed by atoms with van der Waals surface area (Å²) >= 11 is 3.64. The molecule has 2 N–H and O–H groups in total. The van der Waals surface area contributed by atoms with Gasteiger partial charge in [0.05, 0.1) is 41.0 Å². The zero-order chi connectivity index (χ0) is 24.4. The lowest BCUT2D eigenvalue weighted by molar-refractivity contribution is 0.102. The number of pyridine rings is 1. The largest absolute Gasteiger partial charge is 0.444 e. The summed E-state index contributed by atoms with van der Waals surface area (Å²) in [5.41, 5.74) is 4.87. The molecule has 10 heteroatoms. The Labute approximate surface area is 207 Å². The van der Waals surface area contributed by atoms with Crippen LogP contribution in [0.4, 0.5) is 11.4 Å². The molecule has 1 aliphatic carbocycles. The van der Waals surface area contributed by atoms with Crippen LogP contribution in [0.3, 0.4) is 0 Å². The summed E-state index contributed by atoms with van der Waals surface area (Å²) in [7, 11) is 0. The van der Waals surface area contributed by atoms with E-state index in [-0.39, 0.29) is 11.6 Å². The zero-order valence-corrected chi connectivity index (χ0v) is 20.2. The number of oxazole rings is 1. The van der Waals surface area contributed by atoms with Crippen molar-refractivity contribution in [2.24, 2.45) is 0 Å². The van der Waals surface area contributed by atoms with Crippen molar-refractivity contribution < 1.29 is 13.9 Å². The Kier molecular flexibility index (Phi) is 6.70. The van der Waals surface area contributed by atoms with Gasteiger partial charge in [-0.25, -0.2) is 4.98 Å². The van der Waals surface area contributed by atoms with Crippen molar-refractivity contribution in [3.05, 3.63) is 54.3 Å². The highest BCUT2D eigenvalue weighted by atomic mass is 35.5. The molecule has 1 amide bonds. The van der Waals surface area contributed by atoms with Crippen LogP contribution in [0.25, 0.3) is 22.4 Å². The van der Waals surface area contributed by atoms with E-state index in [2.05, 4.69) is 47.9 Å². The van der Waals surface area contributed by atoms with Crippen molar-refractivity contribution in [2.75, 3.05) is 23.3 Å². The second-order valence-electron chi connectivity index (χ2n) is 8.97. The molecule has 0 atom stereocenters. The molecule has 1 saturated heterocycles. The van der Waals surface area contributed by atoms with Crippen molar-refractivity contribution in [3.63, 3.8) is 0 Å². The van der Waals surface area contributed by atoms with Gasteiger partial charge in [-0.3, -0.25) is 19.1 Å². The molecule has 2 aliphatic rings. The van der Waals surface area contributed by atoms with Gasteiger partial charge in [-0.1, -0.05) is 0 Å². The van der Waals surface area contributed by atoms with E-state index < -0.39 is 0 Å². The number of aryl methyl sites for hydroxylation is 1. The smallest absolute Gasteiger partial charge is 0.277 e. The van der Waals surface area contributed by atoms with E-state index in [1.165, 1.54) is 25.5 Å². The lowest BCUT2D eigenvalue weighted by atomic mass is 10.1. The summed E-state index contributed by atoms with van der Waals surface area (Å²) in [5.74, 6) is 0.117. The van der Waals surface area contributed by atoms with Crippen LogP contribution in [0, 0.1) is 6.92 Å². The Hall–Kier alpha value is -3.43. The van der Waals surface area contributed by atoms with Gasteiger partial charge in [-0.2, -0.15) is 5.10 Å². The minimum absolute atomic E-state index is 0.248. The van der Waals surface area contributed by atoms with Crippen LogP contribution in [-0.2, 0) is 0 Å². The van der Waals surface area contributed by atoms with Gasteiger partial charge < -0.3 is 14.6 Å². The van der Waals surface area contributed by atoms with Crippen molar-refractivity contribution >= 4 is 40.1 Å². The third-order valence-corrected chi connectivity index (χ3v) is 6.43. The summed E-state index contributed by atoms with van der Waals surface area (Å²) in [4.78, 5) is 24.1. The zero-order valence-electron chi connectivity index (χ0n) is 19.4. The van der Waals surface area contributed by atoms with E-state index in [9.17, 15) is 4.79 Å². The molecule has 4 heterocycles. The number of nitrogens with zero attached hydrogens (tertiary/aromatic N) is 5. The first kappa shape index (κ1) is 23.3. The van der Waals surface area contributed by atoms with Crippen LogP contribution in [0.1, 0.15) is 54.3 Å². The van der Waals surface area contributed by atoms with Gasteiger partial charge in [0, 0.05) is 35.9 Å². The van der Waals surface area contributed by atoms with Gasteiger partial charge in [-0.15, -0.1) is 0 Å². The summed E-state index contributed by atoms with van der Waals surface area (Å²) in [6.45, 7) is 3.88. The Morgan fingerprint density at radius 1 is 1.17 bits per heavy atom. The molecule has 1 aliphatic heterocycles. The first-order chi connectivity index (χ1) is 17.2. The van der Waals surface area contributed by atoms with Gasteiger partial charge in [0.1, 0.15) is 6.26 Å². The van der Waals surface area contributed by atoms with E-state index in [0.717, 1.165) is 59.5 Å². The molecule has 0 bridgehead atoms. The van der Waals surface area contributed by atoms with E-state index in [1.54, 1.807) is 6.20 Å². The molecule has 1 aromatic carbocycles. The van der Waals surface area contributed by atoms with Crippen LogP contribution < -0.4 is 10.2 Å². The van der Waals surface area contributed by atoms with Crippen molar-refractivity contribution in [2.45, 2.75) is 45.1 Å². The van der Waals surface area contributed by atoms with Crippen LogP contribution in [0.2, 0.25) is 0 Å². The van der Waals surface area contributed by atoms with Gasteiger partial charge in [0.2, 0.25) is 5.89 Å². The summed E-state index contributed by atoms with van der Waals surface area (Å²) in [5, 5.41) is 8.75. The highest BCUT2D eigenvalue weighted by Gasteiger charge is 2.27. The first-order valence-corrected chi connectivity index (χ1v) is 12.1. The molecule has 4 aromatic rings. The maximum absolute atomic E-state index is 13.1. The number of halogens is 1. The number of anilines is 2. The molecule has 0 radical (unpaired) electrons. The number of hydrogen-bond donors (Lipinski definition) is 2. The number of piperidine rings is 1. The number of carbonyl (C=O) groups is 1. The number of amides is 1. The van der Waals surface area contributed by atoms with Crippen LogP contribution in [-0.4, -0.2) is 43.4 Å². The third kappa shape index (κ3) is 4.87. The van der Waals surface area contributed by atoms with E-state index in [1.807, 2.05) is 31.3 Å². The molecule has 9 nitrogen and oxygen atoms in total. The molecule has 2 fully saturated rings. The van der Waals surface area contributed by atoms with Gasteiger partial charge in [-0.05, 0) is 63.3 Å². The first-order valence-electron chi connectivity index (χ1n) is 11.8. The number of hydrogen-bond acceptors (Lipinski definition) is 7. The van der Waals surface area contributed by atoms with Crippen LogP contribution in [0.5, 0.6) is 0 Å². The van der Waals surface area contributed by atoms with Gasteiger partial charge >= 0.3 is 0 Å². The minimum Gasteiger partial charge on any atom is -0.444 e. The molecule has 1 saturated carbocycles. The molecular weight excluding hydrogens is 468 g/mol. The molecular formula is C25H27ClN6O3. The molecule has 182 valence electrons. The van der Waals surface area contributed by atoms with Crippen molar-refractivity contribution in [1.29, 1.82) is 0 Å². The third-order valence-electron chi connectivity index (χ3n) is 6.43. The number of aromatic nitrogens is 4. The topological polar surface area (TPSA) is 109 Å². The summed E-state index contributed by atoms with van der Waals surface area (Å²) in [6.07, 6.45) is 10.9. The van der Waals surface area contributed by atoms with E-state index in [0.29, 0.717) is 11.9 Å². The molecule has 0 spiro atoms.